The fraction of sp³-hybridized carbons (Fsp3) is 0.333. The molecule has 1 saturated heterocycles. The number of aliphatic imine (C=N–C) groups is 1. The van der Waals surface area contributed by atoms with Crippen molar-refractivity contribution in [1.29, 1.82) is 0 Å². The van der Waals surface area contributed by atoms with E-state index in [1.807, 2.05) is 12.1 Å². The average Bonchev–Trinajstić information content (AvgIpc) is 3.69. The number of hydrogen-bond acceptors (Lipinski definition) is 9. The summed E-state index contributed by atoms with van der Waals surface area (Å²) in [5.41, 5.74) is 4.35. The molecule has 0 aromatic heterocycles. The molecule has 2 atom stereocenters. The molecule has 44 heavy (non-hydrogen) atoms. The van der Waals surface area contributed by atoms with Gasteiger partial charge in [-0.3, -0.25) is 19.4 Å². The second-order valence-corrected chi connectivity index (χ2v) is 10.6. The van der Waals surface area contributed by atoms with Gasteiger partial charge in [0.2, 0.25) is 0 Å². The largest absolute Gasteiger partial charge is 0.496 e. The van der Waals surface area contributed by atoms with E-state index < -0.39 is 0 Å². The van der Waals surface area contributed by atoms with Crippen LogP contribution < -0.4 is 25.4 Å². The molecule has 1 fully saturated rings. The molecular formula is C33H36N4O7. The van der Waals surface area contributed by atoms with Crippen molar-refractivity contribution in [2.24, 2.45) is 4.99 Å². The summed E-state index contributed by atoms with van der Waals surface area (Å²) in [6.07, 6.45) is 1.80. The maximum atomic E-state index is 13.6. The van der Waals surface area contributed by atoms with Gasteiger partial charge in [-0.2, -0.15) is 0 Å². The molecule has 2 aliphatic rings. The lowest BCUT2D eigenvalue weighted by Gasteiger charge is -2.21. The number of methoxy groups -OCH3 is 1. The number of nitrogens with zero attached hydrogens (tertiary/aromatic N) is 1. The Hall–Kier alpha value is -4.58. The number of carbonyl (C=O) groups is 3. The van der Waals surface area contributed by atoms with Gasteiger partial charge < -0.3 is 35.3 Å². The zero-order valence-corrected chi connectivity index (χ0v) is 24.7. The van der Waals surface area contributed by atoms with Crippen molar-refractivity contribution in [3.05, 3.63) is 93.5 Å². The van der Waals surface area contributed by atoms with Gasteiger partial charge in [0.25, 0.3) is 11.8 Å². The number of fused-ring (bicyclic) bond motifs is 1. The molecule has 3 aromatic rings. The van der Waals surface area contributed by atoms with Crippen LogP contribution in [0.3, 0.4) is 0 Å². The van der Waals surface area contributed by atoms with Gasteiger partial charge >= 0.3 is 0 Å². The highest BCUT2D eigenvalue weighted by Crippen LogP contribution is 2.32. The van der Waals surface area contributed by atoms with Crippen molar-refractivity contribution in [2.45, 2.75) is 25.6 Å². The van der Waals surface area contributed by atoms with Gasteiger partial charge in [0.15, 0.2) is 5.78 Å². The Morgan fingerprint density at radius 2 is 1.55 bits per heavy atom. The van der Waals surface area contributed by atoms with E-state index >= 15 is 0 Å². The Kier molecular flexibility index (Phi) is 10.0. The van der Waals surface area contributed by atoms with Gasteiger partial charge in [-0.15, -0.1) is 0 Å². The summed E-state index contributed by atoms with van der Waals surface area (Å²) in [5.74, 6) is 0.143. The number of ether oxygens (including phenoxy) is 3. The van der Waals surface area contributed by atoms with Crippen molar-refractivity contribution in [2.75, 3.05) is 46.6 Å². The van der Waals surface area contributed by atoms with Gasteiger partial charge in [0, 0.05) is 41.6 Å². The first-order valence-corrected chi connectivity index (χ1v) is 14.5. The Morgan fingerprint density at radius 1 is 0.886 bits per heavy atom. The fourth-order valence-corrected chi connectivity index (χ4v) is 5.32. The minimum Gasteiger partial charge on any atom is -0.496 e. The number of aliphatic hydroxyl groups excluding tert-OH is 1. The van der Waals surface area contributed by atoms with Crippen LogP contribution >= 0.6 is 0 Å². The molecule has 0 saturated carbocycles. The molecule has 0 radical (unpaired) electrons. The summed E-state index contributed by atoms with van der Waals surface area (Å²) in [7, 11) is 1.53. The van der Waals surface area contributed by atoms with Crippen molar-refractivity contribution >= 4 is 23.8 Å². The molecule has 0 spiro atoms. The van der Waals surface area contributed by atoms with E-state index in [0.29, 0.717) is 59.0 Å². The lowest BCUT2D eigenvalue weighted by molar-refractivity contribution is 0.0701. The third-order valence-corrected chi connectivity index (χ3v) is 7.70. The van der Waals surface area contributed by atoms with Crippen LogP contribution in [0.15, 0.2) is 59.6 Å². The lowest BCUT2D eigenvalue weighted by Crippen LogP contribution is -2.51. The molecule has 0 unspecified atom stereocenters. The minimum absolute atomic E-state index is 0.0832. The summed E-state index contributed by atoms with van der Waals surface area (Å²) in [5, 5.41) is 18.2. The first kappa shape index (κ1) is 30.9. The Labute approximate surface area is 255 Å². The quantitative estimate of drug-likeness (QED) is 0.172. The number of hydrogen-bond donors (Lipinski definition) is 4. The monoisotopic (exact) mass is 600 g/mol. The van der Waals surface area contributed by atoms with Crippen LogP contribution in [0.1, 0.15) is 53.3 Å². The number of ketones is 1. The molecule has 230 valence electrons. The molecule has 2 aliphatic heterocycles. The Balaban J connectivity index is 1.23. The molecule has 2 heterocycles. The molecule has 2 amide bonds. The molecule has 3 aromatic carbocycles. The van der Waals surface area contributed by atoms with E-state index in [0.717, 1.165) is 11.1 Å². The van der Waals surface area contributed by atoms with Crippen LogP contribution in [0.25, 0.3) is 0 Å². The predicted octanol–water partition coefficient (Wildman–Crippen LogP) is 2.06. The third kappa shape index (κ3) is 6.96. The van der Waals surface area contributed by atoms with E-state index in [9.17, 15) is 14.4 Å². The smallest absolute Gasteiger partial charge is 0.251 e. The van der Waals surface area contributed by atoms with Crippen molar-refractivity contribution in [3.8, 4) is 11.5 Å². The van der Waals surface area contributed by atoms with E-state index in [2.05, 4.69) is 20.9 Å². The van der Waals surface area contributed by atoms with E-state index in [1.54, 1.807) is 55.6 Å². The second kappa shape index (κ2) is 14.3. The normalized spacial score (nSPS) is 16.8. The van der Waals surface area contributed by atoms with Gasteiger partial charge in [0.05, 0.1) is 51.1 Å². The highest BCUT2D eigenvalue weighted by Gasteiger charge is 2.30. The lowest BCUT2D eigenvalue weighted by atomic mass is 9.96. The van der Waals surface area contributed by atoms with Gasteiger partial charge in [-0.1, -0.05) is 18.2 Å². The Bertz CT molecular complexity index is 1550. The van der Waals surface area contributed by atoms with Crippen LogP contribution in [-0.2, 0) is 11.3 Å². The molecule has 11 heteroatoms. The topological polar surface area (TPSA) is 148 Å². The fourth-order valence-electron chi connectivity index (χ4n) is 5.32. The highest BCUT2D eigenvalue weighted by molar-refractivity contribution is 6.12. The van der Waals surface area contributed by atoms with Gasteiger partial charge in [-0.05, 0) is 54.4 Å². The molecule has 11 nitrogen and oxygen atoms in total. The number of carbonyl (C=O) groups excluding carboxylic acids is 3. The summed E-state index contributed by atoms with van der Waals surface area (Å²) in [4.78, 5) is 44.0. The van der Waals surface area contributed by atoms with Gasteiger partial charge in [0.1, 0.15) is 18.1 Å². The zero-order chi connectivity index (χ0) is 31.1. The van der Waals surface area contributed by atoms with Crippen molar-refractivity contribution in [3.63, 3.8) is 0 Å². The van der Waals surface area contributed by atoms with Crippen LogP contribution in [-0.4, -0.2) is 87.6 Å². The van der Waals surface area contributed by atoms with E-state index in [1.165, 1.54) is 7.11 Å². The first-order chi connectivity index (χ1) is 21.4. The summed E-state index contributed by atoms with van der Waals surface area (Å²) in [6, 6.07) is 14.7. The van der Waals surface area contributed by atoms with E-state index in [-0.39, 0.29) is 56.1 Å². The number of nitrogens with one attached hydrogen (secondary N) is 3. The standard InChI is InChI=1S/C33H36N4O7/c1-20-28(42-2)9-10-29(44-14-13-43-12-11-38)30(20)31(39)21-3-5-22(6-4-21)32(40)36-26-18-35-19-27(26)37-33(41)23-7-8-24-16-34-17-25(24)15-23/h3-10,15-16,26-27,35,38H,11-14,17-19H2,1-2H3,(H,36,40)(H,37,41)/t26-,27-/m1/s1. The van der Waals surface area contributed by atoms with Crippen molar-refractivity contribution < 1.29 is 33.7 Å². The van der Waals surface area contributed by atoms with Crippen LogP contribution in [0, 0.1) is 6.92 Å². The zero-order valence-electron chi connectivity index (χ0n) is 24.7. The van der Waals surface area contributed by atoms with E-state index in [4.69, 9.17) is 19.3 Å². The van der Waals surface area contributed by atoms with Crippen molar-refractivity contribution in [1.82, 2.24) is 16.0 Å². The average molecular weight is 601 g/mol. The summed E-state index contributed by atoms with van der Waals surface area (Å²) >= 11 is 0. The molecule has 5 rings (SSSR count). The molecular weight excluding hydrogens is 564 g/mol. The maximum Gasteiger partial charge on any atom is 0.251 e. The first-order valence-electron chi connectivity index (χ1n) is 14.5. The highest BCUT2D eigenvalue weighted by atomic mass is 16.5. The predicted molar refractivity (Wildman–Crippen MR) is 164 cm³/mol. The maximum absolute atomic E-state index is 13.6. The number of rotatable bonds is 13. The second-order valence-electron chi connectivity index (χ2n) is 10.6. The number of aliphatic hydroxyl groups is 1. The van der Waals surface area contributed by atoms with Crippen LogP contribution in [0.2, 0.25) is 0 Å². The molecule has 0 aliphatic carbocycles. The summed E-state index contributed by atoms with van der Waals surface area (Å²) < 4.78 is 16.5. The molecule has 4 N–H and O–H groups in total. The molecule has 0 bridgehead atoms. The summed E-state index contributed by atoms with van der Waals surface area (Å²) in [6.45, 7) is 3.96. The van der Waals surface area contributed by atoms with Crippen LogP contribution in [0.5, 0.6) is 11.5 Å². The SMILES string of the molecule is COc1ccc(OCCOCCO)c(C(=O)c2ccc(C(=O)N[C@@H]3CNC[C@H]3NC(=O)c3ccc4c(c3)CN=C4)cc2)c1C. The van der Waals surface area contributed by atoms with Gasteiger partial charge in [-0.25, -0.2) is 0 Å². The Morgan fingerprint density at radius 3 is 2.25 bits per heavy atom. The number of amides is 2. The number of benzene rings is 3. The minimum atomic E-state index is -0.314. The third-order valence-electron chi connectivity index (χ3n) is 7.70. The van der Waals surface area contributed by atoms with Crippen LogP contribution in [0.4, 0.5) is 0 Å².